The second-order valence-corrected chi connectivity index (χ2v) is 6.42. The summed E-state index contributed by atoms with van der Waals surface area (Å²) in [6.45, 7) is 8.08. The molecule has 0 aromatic heterocycles. The molecule has 0 saturated heterocycles. The van der Waals surface area contributed by atoms with Crippen molar-refractivity contribution in [2.75, 3.05) is 31.8 Å². The van der Waals surface area contributed by atoms with Crippen molar-refractivity contribution in [3.05, 3.63) is 0 Å². The summed E-state index contributed by atoms with van der Waals surface area (Å²) in [7, 11) is 1.01. The zero-order valence-corrected chi connectivity index (χ0v) is 11.3. The monoisotopic (exact) mass is 235 g/mol. The molecule has 0 heterocycles. The molecule has 1 N–H and O–H groups in total. The van der Waals surface area contributed by atoms with Gasteiger partial charge in [0.1, 0.15) is 0 Å². The maximum Gasteiger partial charge on any atom is 0.0471 e. The van der Waals surface area contributed by atoms with Crippen molar-refractivity contribution >= 4 is 10.8 Å². The van der Waals surface area contributed by atoms with Crippen molar-refractivity contribution in [1.29, 1.82) is 0 Å². The van der Waals surface area contributed by atoms with Crippen LogP contribution < -0.4 is 5.32 Å². The Hall–Kier alpha value is 0.0700. The molecule has 15 heavy (non-hydrogen) atoms. The van der Waals surface area contributed by atoms with E-state index >= 15 is 0 Å². The van der Waals surface area contributed by atoms with Gasteiger partial charge in [-0.3, -0.25) is 4.21 Å². The van der Waals surface area contributed by atoms with E-state index in [0.717, 1.165) is 30.9 Å². The summed E-state index contributed by atoms with van der Waals surface area (Å²) in [5.41, 5.74) is 0.164. The molecule has 0 bridgehead atoms. The van der Waals surface area contributed by atoms with E-state index in [9.17, 15) is 4.21 Å². The van der Waals surface area contributed by atoms with Crippen LogP contribution >= 0.6 is 0 Å². The van der Waals surface area contributed by atoms with Crippen molar-refractivity contribution in [2.45, 2.75) is 39.2 Å². The maximum absolute atomic E-state index is 11.5. The van der Waals surface area contributed by atoms with Crippen molar-refractivity contribution in [2.24, 2.45) is 0 Å². The molecule has 0 radical (unpaired) electrons. The van der Waals surface area contributed by atoms with Crippen LogP contribution in [-0.4, -0.2) is 41.5 Å². The van der Waals surface area contributed by atoms with Gasteiger partial charge >= 0.3 is 0 Å². The molecule has 0 aliphatic rings. The van der Waals surface area contributed by atoms with Gasteiger partial charge in [0.2, 0.25) is 0 Å². The van der Waals surface area contributed by atoms with Crippen LogP contribution in [0.5, 0.6) is 0 Å². The maximum atomic E-state index is 11.5. The minimum Gasteiger partial charge on any atom is -0.385 e. The summed E-state index contributed by atoms with van der Waals surface area (Å²) in [5, 5.41) is 3.39. The molecule has 0 fully saturated rings. The summed E-state index contributed by atoms with van der Waals surface area (Å²) in [4.78, 5) is 0. The van der Waals surface area contributed by atoms with Gasteiger partial charge in [0.25, 0.3) is 0 Å². The Morgan fingerprint density at radius 3 is 2.33 bits per heavy atom. The first-order valence-corrected chi connectivity index (χ1v) is 7.03. The van der Waals surface area contributed by atoms with Crippen LogP contribution in [0.3, 0.4) is 0 Å². The average molecular weight is 235 g/mol. The Morgan fingerprint density at radius 2 is 1.80 bits per heavy atom. The fourth-order valence-electron chi connectivity index (χ4n) is 1.16. The van der Waals surface area contributed by atoms with Gasteiger partial charge in [-0.1, -0.05) is 0 Å². The Labute approximate surface area is 96.4 Å². The van der Waals surface area contributed by atoms with Crippen LogP contribution in [0.25, 0.3) is 0 Å². The highest BCUT2D eigenvalue weighted by Crippen LogP contribution is 1.98. The van der Waals surface area contributed by atoms with E-state index < -0.39 is 10.8 Å². The lowest BCUT2D eigenvalue weighted by molar-refractivity contribution is 0.200. The molecule has 1 atom stereocenters. The normalized spacial score (nSPS) is 14.1. The predicted octanol–water partition coefficient (Wildman–Crippen LogP) is 1.55. The quantitative estimate of drug-likeness (QED) is 0.649. The Bertz CT molecular complexity index is 178. The molecule has 1 unspecified atom stereocenters. The van der Waals surface area contributed by atoms with Crippen molar-refractivity contribution in [3.8, 4) is 0 Å². The van der Waals surface area contributed by atoms with Gasteiger partial charge in [-0.15, -0.1) is 0 Å². The van der Waals surface area contributed by atoms with Crippen LogP contribution in [0.1, 0.15) is 33.6 Å². The van der Waals surface area contributed by atoms with E-state index in [0.29, 0.717) is 6.61 Å². The van der Waals surface area contributed by atoms with Crippen molar-refractivity contribution in [1.82, 2.24) is 5.32 Å². The van der Waals surface area contributed by atoms with Crippen LogP contribution in [0.4, 0.5) is 0 Å². The van der Waals surface area contributed by atoms with Gasteiger partial charge in [-0.25, -0.2) is 0 Å². The molecule has 92 valence electrons. The number of hydrogen-bond acceptors (Lipinski definition) is 3. The zero-order valence-electron chi connectivity index (χ0n) is 10.5. The largest absolute Gasteiger partial charge is 0.385 e. The molecule has 0 amide bonds. The van der Waals surface area contributed by atoms with E-state index in [1.165, 1.54) is 0 Å². The first-order chi connectivity index (χ1) is 6.95. The summed E-state index contributed by atoms with van der Waals surface area (Å²) >= 11 is 0. The lowest BCUT2D eigenvalue weighted by atomic mass is 10.1. The molecular weight excluding hydrogens is 210 g/mol. The first kappa shape index (κ1) is 15.1. The molecule has 0 aliphatic heterocycles. The Kier molecular flexibility index (Phi) is 8.29. The SMILES string of the molecule is COCCCS(=O)CCCNC(C)(C)C. The van der Waals surface area contributed by atoms with Gasteiger partial charge < -0.3 is 10.1 Å². The fourth-order valence-corrected chi connectivity index (χ4v) is 2.27. The molecule has 0 aromatic carbocycles. The third kappa shape index (κ3) is 12.0. The summed E-state index contributed by atoms with van der Waals surface area (Å²) in [6, 6.07) is 0. The number of hydrogen-bond donors (Lipinski definition) is 1. The molecule has 3 nitrogen and oxygen atoms in total. The second-order valence-electron chi connectivity index (χ2n) is 4.72. The number of ether oxygens (including phenoxy) is 1. The van der Waals surface area contributed by atoms with E-state index in [1.807, 2.05) is 0 Å². The third-order valence-corrected chi connectivity index (χ3v) is 3.41. The smallest absolute Gasteiger partial charge is 0.0471 e. The van der Waals surface area contributed by atoms with Gasteiger partial charge in [-0.05, 0) is 40.2 Å². The number of rotatable bonds is 8. The van der Waals surface area contributed by atoms with Gasteiger partial charge in [-0.2, -0.15) is 0 Å². The van der Waals surface area contributed by atoms with Crippen LogP contribution in [0.15, 0.2) is 0 Å². The highest BCUT2D eigenvalue weighted by molar-refractivity contribution is 7.84. The molecule has 0 spiro atoms. The minimum atomic E-state index is -0.670. The van der Waals surface area contributed by atoms with Gasteiger partial charge in [0.05, 0.1) is 0 Å². The lowest BCUT2D eigenvalue weighted by Crippen LogP contribution is -2.36. The van der Waals surface area contributed by atoms with Crippen molar-refractivity contribution in [3.63, 3.8) is 0 Å². The minimum absolute atomic E-state index is 0.164. The third-order valence-electron chi connectivity index (χ3n) is 1.92. The zero-order chi connectivity index (χ0) is 11.7. The summed E-state index contributed by atoms with van der Waals surface area (Å²) in [5.74, 6) is 1.57. The van der Waals surface area contributed by atoms with E-state index in [4.69, 9.17) is 4.74 Å². The fraction of sp³-hybridized carbons (Fsp3) is 1.00. The van der Waals surface area contributed by atoms with E-state index in [1.54, 1.807) is 7.11 Å². The Balaban J connectivity index is 3.32. The summed E-state index contributed by atoms with van der Waals surface area (Å²) in [6.07, 6.45) is 1.88. The van der Waals surface area contributed by atoms with Gasteiger partial charge in [0.15, 0.2) is 0 Å². The second kappa shape index (κ2) is 8.25. The topological polar surface area (TPSA) is 38.3 Å². The summed E-state index contributed by atoms with van der Waals surface area (Å²) < 4.78 is 16.4. The Morgan fingerprint density at radius 1 is 1.20 bits per heavy atom. The average Bonchev–Trinajstić information content (AvgIpc) is 2.11. The van der Waals surface area contributed by atoms with Crippen LogP contribution in [0.2, 0.25) is 0 Å². The van der Waals surface area contributed by atoms with Crippen LogP contribution in [-0.2, 0) is 15.5 Å². The van der Waals surface area contributed by atoms with E-state index in [-0.39, 0.29) is 5.54 Å². The lowest BCUT2D eigenvalue weighted by Gasteiger charge is -2.20. The first-order valence-electron chi connectivity index (χ1n) is 5.54. The molecule has 0 rings (SSSR count). The number of methoxy groups -OCH3 is 1. The molecular formula is C11H25NO2S. The molecule has 0 aromatic rings. The highest BCUT2D eigenvalue weighted by Gasteiger charge is 2.07. The van der Waals surface area contributed by atoms with Crippen LogP contribution in [0, 0.1) is 0 Å². The predicted molar refractivity (Wildman–Crippen MR) is 66.7 cm³/mol. The van der Waals surface area contributed by atoms with Gasteiger partial charge in [0, 0.05) is 41.6 Å². The number of nitrogens with one attached hydrogen (secondary N) is 1. The van der Waals surface area contributed by atoms with Crippen molar-refractivity contribution < 1.29 is 8.95 Å². The highest BCUT2D eigenvalue weighted by atomic mass is 32.2. The standard InChI is InChI=1S/C11H25NO2S/c1-11(2,3)12-7-5-9-15(13)10-6-8-14-4/h12H,5-10H2,1-4H3. The molecule has 0 aliphatic carbocycles. The molecule has 4 heteroatoms. The molecule has 0 saturated carbocycles. The van der Waals surface area contributed by atoms with E-state index in [2.05, 4.69) is 26.1 Å².